The Morgan fingerprint density at radius 1 is 1.24 bits per heavy atom. The Bertz CT molecular complexity index is 661. The summed E-state index contributed by atoms with van der Waals surface area (Å²) in [4.78, 5) is 0. The first kappa shape index (κ1) is 14.8. The Kier molecular flexibility index (Phi) is 4.48. The van der Waals surface area contributed by atoms with E-state index in [-0.39, 0.29) is 5.75 Å². The zero-order valence-corrected chi connectivity index (χ0v) is 13.5. The smallest absolute Gasteiger partial charge is 0.166 e. The van der Waals surface area contributed by atoms with Gasteiger partial charge in [0.2, 0.25) is 0 Å². The van der Waals surface area contributed by atoms with Gasteiger partial charge in [-0.2, -0.15) is 0 Å². The predicted molar refractivity (Wildman–Crippen MR) is 85.5 cm³/mol. The molecule has 0 bridgehead atoms. The molecule has 1 fully saturated rings. The lowest BCUT2D eigenvalue weighted by atomic mass is 10.2. The number of halogens is 3. The van der Waals surface area contributed by atoms with Crippen LogP contribution in [0.2, 0.25) is 5.02 Å². The Morgan fingerprint density at radius 2 is 2.05 bits per heavy atom. The Balaban J connectivity index is 1.71. The van der Waals surface area contributed by atoms with E-state index in [1.165, 1.54) is 18.9 Å². The first-order valence-electron chi connectivity index (χ1n) is 6.76. The molecule has 2 nitrogen and oxygen atoms in total. The molecule has 1 aliphatic rings. The van der Waals surface area contributed by atoms with Crippen molar-refractivity contribution >= 4 is 27.5 Å². The van der Waals surface area contributed by atoms with Gasteiger partial charge in [-0.25, -0.2) is 4.39 Å². The SMILES string of the molecule is Fc1cc(Br)ccc1Oc1ccc(CNC2CC2)c(Cl)c1. The summed E-state index contributed by atoms with van der Waals surface area (Å²) in [6.45, 7) is 0.746. The van der Waals surface area contributed by atoms with Crippen molar-refractivity contribution in [1.29, 1.82) is 0 Å². The molecule has 0 atom stereocenters. The molecule has 0 spiro atoms. The van der Waals surface area contributed by atoms with Crippen LogP contribution in [0.5, 0.6) is 11.5 Å². The summed E-state index contributed by atoms with van der Waals surface area (Å²) in [7, 11) is 0. The summed E-state index contributed by atoms with van der Waals surface area (Å²) in [5, 5.41) is 4.03. The maximum atomic E-state index is 13.7. The third-order valence-corrected chi connectivity index (χ3v) is 4.15. The number of ether oxygens (including phenoxy) is 1. The largest absolute Gasteiger partial charge is 0.454 e. The maximum absolute atomic E-state index is 13.7. The van der Waals surface area contributed by atoms with Crippen LogP contribution in [0.15, 0.2) is 40.9 Å². The van der Waals surface area contributed by atoms with Crippen molar-refractivity contribution in [2.75, 3.05) is 0 Å². The van der Waals surface area contributed by atoms with Crippen molar-refractivity contribution < 1.29 is 9.13 Å². The van der Waals surface area contributed by atoms with Gasteiger partial charge in [0.1, 0.15) is 5.75 Å². The molecule has 0 unspecified atom stereocenters. The third-order valence-electron chi connectivity index (χ3n) is 3.30. The lowest BCUT2D eigenvalue weighted by molar-refractivity contribution is 0.442. The van der Waals surface area contributed by atoms with Gasteiger partial charge in [0.15, 0.2) is 11.6 Å². The number of nitrogens with one attached hydrogen (secondary N) is 1. The van der Waals surface area contributed by atoms with E-state index in [0.717, 1.165) is 12.1 Å². The fraction of sp³-hybridized carbons (Fsp3) is 0.250. The van der Waals surface area contributed by atoms with Gasteiger partial charge in [0.05, 0.1) is 0 Å². The van der Waals surface area contributed by atoms with Crippen LogP contribution in [0.4, 0.5) is 4.39 Å². The highest BCUT2D eigenvalue weighted by Gasteiger charge is 2.20. The number of benzene rings is 2. The molecule has 21 heavy (non-hydrogen) atoms. The predicted octanol–water partition coefficient (Wildman–Crippen LogP) is 5.29. The fourth-order valence-corrected chi connectivity index (χ4v) is 2.53. The van der Waals surface area contributed by atoms with Gasteiger partial charge in [0, 0.05) is 22.1 Å². The number of hydrogen-bond donors (Lipinski definition) is 1. The maximum Gasteiger partial charge on any atom is 0.166 e. The summed E-state index contributed by atoms with van der Waals surface area (Å²) in [5.74, 6) is 0.287. The summed E-state index contributed by atoms with van der Waals surface area (Å²) >= 11 is 9.46. The molecular weight excluding hydrogens is 357 g/mol. The van der Waals surface area contributed by atoms with Crippen molar-refractivity contribution in [3.05, 3.63) is 57.3 Å². The number of rotatable bonds is 5. The van der Waals surface area contributed by atoms with Crippen LogP contribution in [-0.2, 0) is 6.54 Å². The molecule has 0 saturated heterocycles. The van der Waals surface area contributed by atoms with E-state index < -0.39 is 5.82 Å². The Labute approximate surface area is 136 Å². The van der Waals surface area contributed by atoms with Gasteiger partial charge in [0.25, 0.3) is 0 Å². The molecular formula is C16H14BrClFNO. The van der Waals surface area contributed by atoms with Gasteiger partial charge >= 0.3 is 0 Å². The second-order valence-corrected chi connectivity index (χ2v) is 6.41. The molecule has 0 amide bonds. The van der Waals surface area contributed by atoms with E-state index >= 15 is 0 Å². The monoisotopic (exact) mass is 369 g/mol. The van der Waals surface area contributed by atoms with Gasteiger partial charge < -0.3 is 10.1 Å². The minimum absolute atomic E-state index is 0.179. The van der Waals surface area contributed by atoms with Crippen molar-refractivity contribution in [2.45, 2.75) is 25.4 Å². The molecule has 1 N–H and O–H groups in total. The van der Waals surface area contributed by atoms with Gasteiger partial charge in [-0.1, -0.05) is 33.6 Å². The Morgan fingerprint density at radius 3 is 2.71 bits per heavy atom. The summed E-state index contributed by atoms with van der Waals surface area (Å²) in [6.07, 6.45) is 2.48. The van der Waals surface area contributed by atoms with E-state index in [2.05, 4.69) is 21.2 Å². The van der Waals surface area contributed by atoms with E-state index in [1.54, 1.807) is 24.3 Å². The first-order valence-corrected chi connectivity index (χ1v) is 7.93. The number of hydrogen-bond acceptors (Lipinski definition) is 2. The topological polar surface area (TPSA) is 21.3 Å². The molecule has 1 saturated carbocycles. The third kappa shape index (κ3) is 3.96. The Hall–Kier alpha value is -1.10. The average molecular weight is 371 g/mol. The van der Waals surface area contributed by atoms with Crippen molar-refractivity contribution in [3.8, 4) is 11.5 Å². The van der Waals surface area contributed by atoms with Crippen LogP contribution >= 0.6 is 27.5 Å². The van der Waals surface area contributed by atoms with E-state index in [9.17, 15) is 4.39 Å². The molecule has 0 aromatic heterocycles. The molecule has 2 aromatic carbocycles. The van der Waals surface area contributed by atoms with Gasteiger partial charge in [-0.05, 0) is 48.7 Å². The van der Waals surface area contributed by atoms with E-state index in [0.29, 0.717) is 21.3 Å². The summed E-state index contributed by atoms with van der Waals surface area (Å²) < 4.78 is 19.9. The normalized spacial score (nSPS) is 14.2. The van der Waals surface area contributed by atoms with Gasteiger partial charge in [-0.3, -0.25) is 0 Å². The lowest BCUT2D eigenvalue weighted by Crippen LogP contribution is -2.15. The van der Waals surface area contributed by atoms with Gasteiger partial charge in [-0.15, -0.1) is 0 Å². The quantitative estimate of drug-likeness (QED) is 0.772. The molecule has 0 radical (unpaired) electrons. The minimum Gasteiger partial charge on any atom is -0.454 e. The van der Waals surface area contributed by atoms with Crippen molar-refractivity contribution in [2.24, 2.45) is 0 Å². The highest BCUT2D eigenvalue weighted by molar-refractivity contribution is 9.10. The second kappa shape index (κ2) is 6.34. The van der Waals surface area contributed by atoms with Crippen LogP contribution in [0, 0.1) is 5.82 Å². The standard InChI is InChI=1S/C16H14BrClFNO/c17-11-2-6-16(15(19)7-11)21-13-5-1-10(14(18)8-13)9-20-12-3-4-12/h1-2,5-8,12,20H,3-4,9H2. The zero-order chi connectivity index (χ0) is 14.8. The lowest BCUT2D eigenvalue weighted by Gasteiger charge is -2.10. The molecule has 0 aliphatic heterocycles. The molecule has 3 rings (SSSR count). The zero-order valence-electron chi connectivity index (χ0n) is 11.2. The van der Waals surface area contributed by atoms with Crippen LogP contribution in [0.3, 0.4) is 0 Å². The second-order valence-electron chi connectivity index (χ2n) is 5.09. The molecule has 5 heteroatoms. The van der Waals surface area contributed by atoms with Crippen LogP contribution in [-0.4, -0.2) is 6.04 Å². The van der Waals surface area contributed by atoms with E-state index in [1.807, 2.05) is 6.07 Å². The highest BCUT2D eigenvalue weighted by Crippen LogP contribution is 2.30. The minimum atomic E-state index is -0.417. The average Bonchev–Trinajstić information content (AvgIpc) is 3.25. The highest BCUT2D eigenvalue weighted by atomic mass is 79.9. The molecule has 1 aliphatic carbocycles. The fourth-order valence-electron chi connectivity index (χ4n) is 1.96. The summed E-state index contributed by atoms with van der Waals surface area (Å²) in [6, 6.07) is 10.7. The van der Waals surface area contributed by atoms with Crippen molar-refractivity contribution in [1.82, 2.24) is 5.32 Å². The van der Waals surface area contributed by atoms with Crippen LogP contribution in [0.25, 0.3) is 0 Å². The molecule has 0 heterocycles. The van der Waals surface area contributed by atoms with Crippen LogP contribution in [0.1, 0.15) is 18.4 Å². The van der Waals surface area contributed by atoms with Crippen molar-refractivity contribution in [3.63, 3.8) is 0 Å². The summed E-state index contributed by atoms with van der Waals surface area (Å²) in [5.41, 5.74) is 1.02. The molecule has 2 aromatic rings. The van der Waals surface area contributed by atoms with E-state index in [4.69, 9.17) is 16.3 Å². The molecule has 110 valence electrons. The first-order chi connectivity index (χ1) is 10.1. The van der Waals surface area contributed by atoms with Crippen LogP contribution < -0.4 is 10.1 Å².